The smallest absolute Gasteiger partial charge is 0.310 e. The zero-order valence-electron chi connectivity index (χ0n) is 9.22. The molecule has 5 heteroatoms. The van der Waals surface area contributed by atoms with Crippen molar-refractivity contribution in [3.8, 4) is 0 Å². The van der Waals surface area contributed by atoms with Gasteiger partial charge in [-0.25, -0.2) is 0 Å². The number of thioether (sulfide) groups is 1. The largest absolute Gasteiger partial charge is 0.481 e. The summed E-state index contributed by atoms with van der Waals surface area (Å²) in [7, 11) is 0. The second kappa shape index (κ2) is 5.08. The van der Waals surface area contributed by atoms with Gasteiger partial charge >= 0.3 is 5.97 Å². The number of likely N-dealkylation sites (tertiary alicyclic amines) is 1. The molecule has 16 heavy (non-hydrogen) atoms. The summed E-state index contributed by atoms with van der Waals surface area (Å²) in [6.07, 6.45) is 2.88. The number of hydrogen-bond acceptors (Lipinski definition) is 3. The first kappa shape index (κ1) is 11.8. The Morgan fingerprint density at radius 2 is 1.88 bits per heavy atom. The average molecular weight is 243 g/mol. The predicted octanol–water partition coefficient (Wildman–Crippen LogP) is 1.06. The minimum Gasteiger partial charge on any atom is -0.481 e. The van der Waals surface area contributed by atoms with Gasteiger partial charge in [-0.2, -0.15) is 11.8 Å². The molecule has 0 bridgehead atoms. The van der Waals surface area contributed by atoms with Crippen molar-refractivity contribution < 1.29 is 14.7 Å². The van der Waals surface area contributed by atoms with Crippen LogP contribution in [-0.4, -0.2) is 46.5 Å². The van der Waals surface area contributed by atoms with E-state index in [0.717, 1.165) is 24.3 Å². The third kappa shape index (κ3) is 2.70. The zero-order valence-corrected chi connectivity index (χ0v) is 10.0. The molecule has 2 saturated heterocycles. The van der Waals surface area contributed by atoms with Crippen molar-refractivity contribution in [1.29, 1.82) is 0 Å². The van der Waals surface area contributed by atoms with Gasteiger partial charge in [-0.3, -0.25) is 9.59 Å². The lowest BCUT2D eigenvalue weighted by Gasteiger charge is -2.37. The molecule has 2 fully saturated rings. The molecule has 2 rings (SSSR count). The highest BCUT2D eigenvalue weighted by Crippen LogP contribution is 2.27. The summed E-state index contributed by atoms with van der Waals surface area (Å²) < 4.78 is 0. The van der Waals surface area contributed by atoms with Crippen molar-refractivity contribution in [3.63, 3.8) is 0 Å². The van der Waals surface area contributed by atoms with E-state index < -0.39 is 5.97 Å². The molecule has 0 unspecified atom stereocenters. The van der Waals surface area contributed by atoms with Gasteiger partial charge in [-0.05, 0) is 30.3 Å². The van der Waals surface area contributed by atoms with Gasteiger partial charge in [0.15, 0.2) is 0 Å². The van der Waals surface area contributed by atoms with Crippen LogP contribution in [0.1, 0.15) is 19.3 Å². The first-order valence-electron chi connectivity index (χ1n) is 5.75. The molecule has 0 aliphatic carbocycles. The van der Waals surface area contributed by atoms with E-state index in [-0.39, 0.29) is 11.8 Å². The molecule has 2 heterocycles. The molecule has 90 valence electrons. The number of carbonyl (C=O) groups excluding carboxylic acids is 1. The summed E-state index contributed by atoms with van der Waals surface area (Å²) in [5.41, 5.74) is 0. The van der Waals surface area contributed by atoms with E-state index in [9.17, 15) is 9.59 Å². The minimum absolute atomic E-state index is 0.148. The van der Waals surface area contributed by atoms with E-state index in [2.05, 4.69) is 0 Å². The Bertz CT molecular complexity index is 283. The Labute approximate surface area is 99.4 Å². The number of rotatable bonds is 3. The molecule has 0 aromatic carbocycles. The fourth-order valence-electron chi connectivity index (χ4n) is 2.16. The summed E-state index contributed by atoms with van der Waals surface area (Å²) in [6.45, 7) is 0.825. The topological polar surface area (TPSA) is 57.6 Å². The van der Waals surface area contributed by atoms with Gasteiger partial charge in [-0.1, -0.05) is 0 Å². The molecule has 0 aromatic heterocycles. The van der Waals surface area contributed by atoms with Crippen molar-refractivity contribution in [3.05, 3.63) is 0 Å². The predicted molar refractivity (Wildman–Crippen MR) is 62.4 cm³/mol. The Morgan fingerprint density at radius 3 is 2.44 bits per heavy atom. The lowest BCUT2D eigenvalue weighted by Crippen LogP contribution is -2.53. The van der Waals surface area contributed by atoms with Gasteiger partial charge in [0.05, 0.1) is 5.92 Å². The molecule has 0 aromatic rings. The maximum absolute atomic E-state index is 11.8. The van der Waals surface area contributed by atoms with Crippen LogP contribution in [-0.2, 0) is 9.59 Å². The molecular weight excluding hydrogens is 226 g/mol. The van der Waals surface area contributed by atoms with Gasteiger partial charge in [0.25, 0.3) is 0 Å². The van der Waals surface area contributed by atoms with Crippen LogP contribution in [0.2, 0.25) is 0 Å². The molecule has 0 spiro atoms. The van der Waals surface area contributed by atoms with Crippen molar-refractivity contribution in [1.82, 2.24) is 4.90 Å². The number of amides is 1. The number of aliphatic carboxylic acids is 1. The lowest BCUT2D eigenvalue weighted by molar-refractivity contribution is -0.153. The van der Waals surface area contributed by atoms with E-state index in [1.807, 2.05) is 11.8 Å². The Morgan fingerprint density at radius 1 is 1.25 bits per heavy atom. The van der Waals surface area contributed by atoms with Crippen LogP contribution in [0.5, 0.6) is 0 Å². The van der Waals surface area contributed by atoms with Crippen molar-refractivity contribution in [2.45, 2.75) is 19.3 Å². The fraction of sp³-hybridized carbons (Fsp3) is 0.818. The molecule has 4 nitrogen and oxygen atoms in total. The molecule has 2 aliphatic heterocycles. The number of hydrogen-bond donors (Lipinski definition) is 1. The fourth-order valence-corrected chi connectivity index (χ4v) is 3.37. The minimum atomic E-state index is -0.780. The summed E-state index contributed by atoms with van der Waals surface area (Å²) in [5, 5.41) is 8.71. The van der Waals surface area contributed by atoms with Crippen LogP contribution in [0.3, 0.4) is 0 Å². The Kier molecular flexibility index (Phi) is 3.74. The molecule has 0 saturated carbocycles. The summed E-state index contributed by atoms with van der Waals surface area (Å²) in [6, 6.07) is 0. The summed E-state index contributed by atoms with van der Waals surface area (Å²) in [5.74, 6) is 1.89. The van der Waals surface area contributed by atoms with Crippen LogP contribution in [0.4, 0.5) is 0 Å². The SMILES string of the molecule is O=C(O)C1CN(C(=O)CC2CCSCC2)C1. The van der Waals surface area contributed by atoms with Crippen LogP contribution in [0.25, 0.3) is 0 Å². The van der Waals surface area contributed by atoms with Gasteiger partial charge in [0.2, 0.25) is 5.91 Å². The standard InChI is InChI=1S/C11H17NO3S/c13-10(5-8-1-3-16-4-2-8)12-6-9(7-12)11(14)15/h8-9H,1-7H2,(H,14,15). The third-order valence-electron chi connectivity index (χ3n) is 3.39. The van der Waals surface area contributed by atoms with Crippen molar-refractivity contribution in [2.75, 3.05) is 24.6 Å². The van der Waals surface area contributed by atoms with E-state index >= 15 is 0 Å². The first-order valence-corrected chi connectivity index (χ1v) is 6.90. The highest BCUT2D eigenvalue weighted by molar-refractivity contribution is 7.99. The number of carboxylic acids is 1. The van der Waals surface area contributed by atoms with Crippen LogP contribution >= 0.6 is 11.8 Å². The maximum Gasteiger partial charge on any atom is 0.310 e. The van der Waals surface area contributed by atoms with Crippen LogP contribution in [0, 0.1) is 11.8 Å². The monoisotopic (exact) mass is 243 g/mol. The molecule has 1 N–H and O–H groups in total. The van der Waals surface area contributed by atoms with E-state index in [4.69, 9.17) is 5.11 Å². The van der Waals surface area contributed by atoms with Gasteiger partial charge in [-0.15, -0.1) is 0 Å². The zero-order chi connectivity index (χ0) is 11.5. The second-order valence-electron chi connectivity index (χ2n) is 4.59. The van der Waals surface area contributed by atoms with Crippen molar-refractivity contribution >= 4 is 23.6 Å². The normalized spacial score (nSPS) is 22.9. The maximum atomic E-state index is 11.8. The molecule has 0 atom stereocenters. The molecule has 1 amide bonds. The van der Waals surface area contributed by atoms with E-state index in [1.54, 1.807) is 4.90 Å². The number of carboxylic acid groups (broad SMARTS) is 1. The molecule has 2 aliphatic rings. The van der Waals surface area contributed by atoms with Crippen LogP contribution in [0.15, 0.2) is 0 Å². The van der Waals surface area contributed by atoms with Gasteiger partial charge < -0.3 is 10.0 Å². The van der Waals surface area contributed by atoms with Gasteiger partial charge in [0, 0.05) is 19.5 Å². The number of carbonyl (C=O) groups is 2. The average Bonchev–Trinajstić information content (AvgIpc) is 2.15. The highest BCUT2D eigenvalue weighted by atomic mass is 32.2. The Balaban J connectivity index is 1.71. The van der Waals surface area contributed by atoms with E-state index in [0.29, 0.717) is 25.4 Å². The third-order valence-corrected chi connectivity index (χ3v) is 4.44. The number of nitrogens with zero attached hydrogens (tertiary/aromatic N) is 1. The highest BCUT2D eigenvalue weighted by Gasteiger charge is 2.36. The van der Waals surface area contributed by atoms with Crippen LogP contribution < -0.4 is 0 Å². The lowest BCUT2D eigenvalue weighted by atomic mass is 9.95. The second-order valence-corrected chi connectivity index (χ2v) is 5.82. The quantitative estimate of drug-likeness (QED) is 0.805. The van der Waals surface area contributed by atoms with E-state index in [1.165, 1.54) is 0 Å². The van der Waals surface area contributed by atoms with Gasteiger partial charge in [0.1, 0.15) is 0 Å². The first-order chi connectivity index (χ1) is 7.66. The molecular formula is C11H17NO3S. The summed E-state index contributed by atoms with van der Waals surface area (Å²) >= 11 is 1.96. The van der Waals surface area contributed by atoms with Crippen molar-refractivity contribution in [2.24, 2.45) is 11.8 Å². The molecule has 0 radical (unpaired) electrons. The summed E-state index contributed by atoms with van der Waals surface area (Å²) in [4.78, 5) is 24.1. The Hall–Kier alpha value is -0.710.